The highest BCUT2D eigenvalue weighted by Crippen LogP contribution is 2.42. The number of halogens is 2. The van der Waals surface area contributed by atoms with Gasteiger partial charge in [0.15, 0.2) is 11.6 Å². The molecule has 0 radical (unpaired) electrons. The Morgan fingerprint density at radius 2 is 1.45 bits per heavy atom. The summed E-state index contributed by atoms with van der Waals surface area (Å²) in [5.74, 6) is 2.37. The third kappa shape index (κ3) is 5.52. The van der Waals surface area contributed by atoms with Gasteiger partial charge < -0.3 is 4.74 Å². The first-order valence-corrected chi connectivity index (χ1v) is 12.8. The van der Waals surface area contributed by atoms with E-state index in [4.69, 9.17) is 4.74 Å². The summed E-state index contributed by atoms with van der Waals surface area (Å²) in [5, 5.41) is 0. The molecule has 1 nitrogen and oxygen atoms in total. The second-order valence-corrected chi connectivity index (χ2v) is 10.7. The zero-order valence-electron chi connectivity index (χ0n) is 19.3. The minimum absolute atomic E-state index is 0.0929. The molecule has 3 heteroatoms. The van der Waals surface area contributed by atoms with Crippen molar-refractivity contribution in [2.75, 3.05) is 6.61 Å². The fourth-order valence-electron chi connectivity index (χ4n) is 6.43. The molecule has 0 bridgehead atoms. The Bertz CT molecular complexity index is 721. The smallest absolute Gasteiger partial charge is 0.200 e. The summed E-state index contributed by atoms with van der Waals surface area (Å²) in [7, 11) is 0. The maximum atomic E-state index is 14.8. The minimum Gasteiger partial charge on any atom is -0.490 e. The van der Waals surface area contributed by atoms with Crippen LogP contribution in [0.15, 0.2) is 24.8 Å². The van der Waals surface area contributed by atoms with Gasteiger partial charge >= 0.3 is 0 Å². The van der Waals surface area contributed by atoms with Crippen LogP contribution in [0.4, 0.5) is 8.78 Å². The van der Waals surface area contributed by atoms with Gasteiger partial charge in [0.25, 0.3) is 0 Å². The first-order valence-electron chi connectivity index (χ1n) is 12.8. The number of rotatable bonds is 6. The molecule has 0 aromatic heterocycles. The highest BCUT2D eigenvalue weighted by Gasteiger charge is 2.31. The molecule has 3 aliphatic carbocycles. The lowest BCUT2D eigenvalue weighted by atomic mass is 9.69. The van der Waals surface area contributed by atoms with Gasteiger partial charge in [-0.15, -0.1) is 6.58 Å². The van der Waals surface area contributed by atoms with E-state index in [2.05, 4.69) is 19.6 Å². The Balaban J connectivity index is 1.25. The predicted octanol–water partition coefficient (Wildman–Crippen LogP) is 8.44. The average molecular weight is 431 g/mol. The molecular formula is C28H40F2O. The van der Waals surface area contributed by atoms with Gasteiger partial charge in [0.1, 0.15) is 0 Å². The van der Waals surface area contributed by atoms with Gasteiger partial charge in [-0.25, -0.2) is 4.39 Å². The van der Waals surface area contributed by atoms with Crippen molar-refractivity contribution in [2.24, 2.45) is 29.6 Å². The van der Waals surface area contributed by atoms with Crippen LogP contribution < -0.4 is 4.74 Å². The van der Waals surface area contributed by atoms with Gasteiger partial charge in [-0.05, 0) is 111 Å². The lowest BCUT2D eigenvalue weighted by Gasteiger charge is -2.37. The van der Waals surface area contributed by atoms with Gasteiger partial charge in [0.2, 0.25) is 5.82 Å². The molecule has 0 heterocycles. The van der Waals surface area contributed by atoms with E-state index in [1.165, 1.54) is 38.5 Å². The van der Waals surface area contributed by atoms with E-state index in [1.807, 2.05) is 0 Å². The molecule has 1 aromatic rings. The number of hydrogen-bond acceptors (Lipinski definition) is 1. The second-order valence-electron chi connectivity index (χ2n) is 10.7. The molecule has 0 aliphatic heterocycles. The molecule has 4 rings (SSSR count). The van der Waals surface area contributed by atoms with Crippen molar-refractivity contribution in [3.05, 3.63) is 42.0 Å². The molecule has 1 aromatic carbocycles. The standard InChI is InChI=1S/C28H40F2O/c1-3-20-6-12-22(13-7-20)23-14-8-21(9-15-23)18-31-26-17-16-25(27(29)28(26)30)24-10-4-19(2)5-11-24/h3,16-17,19-24H,1,4-15,18H2,2H3. The van der Waals surface area contributed by atoms with Crippen LogP contribution >= 0.6 is 0 Å². The first-order chi connectivity index (χ1) is 15.0. The highest BCUT2D eigenvalue weighted by molar-refractivity contribution is 5.33. The molecule has 31 heavy (non-hydrogen) atoms. The van der Waals surface area contributed by atoms with Crippen LogP contribution in [0.3, 0.4) is 0 Å². The molecule has 0 unspecified atom stereocenters. The second kappa shape index (κ2) is 10.5. The lowest BCUT2D eigenvalue weighted by Crippen LogP contribution is -2.27. The van der Waals surface area contributed by atoms with Crippen LogP contribution in [0.1, 0.15) is 95.5 Å². The predicted molar refractivity (Wildman–Crippen MR) is 123 cm³/mol. The van der Waals surface area contributed by atoms with E-state index in [0.29, 0.717) is 24.0 Å². The Morgan fingerprint density at radius 1 is 0.839 bits per heavy atom. The van der Waals surface area contributed by atoms with Crippen LogP contribution in [0.5, 0.6) is 5.75 Å². The number of benzene rings is 1. The maximum absolute atomic E-state index is 14.8. The topological polar surface area (TPSA) is 9.23 Å². The molecule has 0 spiro atoms. The van der Waals surface area contributed by atoms with Crippen LogP contribution in [0, 0.1) is 41.2 Å². The fourth-order valence-corrected chi connectivity index (χ4v) is 6.43. The molecule has 3 fully saturated rings. The molecule has 0 saturated heterocycles. The highest BCUT2D eigenvalue weighted by atomic mass is 19.2. The van der Waals surface area contributed by atoms with E-state index in [0.717, 1.165) is 56.3 Å². The van der Waals surface area contributed by atoms with Crippen LogP contribution in [-0.2, 0) is 0 Å². The summed E-state index contributed by atoms with van der Waals surface area (Å²) in [6.45, 7) is 6.70. The van der Waals surface area contributed by atoms with Gasteiger partial charge in [0.05, 0.1) is 6.61 Å². The summed E-state index contributed by atoms with van der Waals surface area (Å²) in [5.41, 5.74) is 0.545. The summed E-state index contributed by atoms with van der Waals surface area (Å²) in [6, 6.07) is 3.43. The van der Waals surface area contributed by atoms with E-state index in [1.54, 1.807) is 12.1 Å². The number of allylic oxidation sites excluding steroid dienone is 1. The molecule has 0 amide bonds. The number of ether oxygens (including phenoxy) is 1. The van der Waals surface area contributed by atoms with Gasteiger partial charge in [-0.2, -0.15) is 4.39 Å². The molecule has 3 aliphatic rings. The SMILES string of the molecule is C=CC1CCC(C2CCC(COc3ccc(C4CCC(C)CC4)c(F)c3F)CC2)CC1. The summed E-state index contributed by atoms with van der Waals surface area (Å²) in [6.07, 6.45) is 16.4. The monoisotopic (exact) mass is 430 g/mol. The van der Waals surface area contributed by atoms with E-state index in [-0.39, 0.29) is 11.7 Å². The third-order valence-electron chi connectivity index (χ3n) is 8.71. The van der Waals surface area contributed by atoms with Crippen molar-refractivity contribution in [1.29, 1.82) is 0 Å². The van der Waals surface area contributed by atoms with E-state index in [9.17, 15) is 8.78 Å². The lowest BCUT2D eigenvalue weighted by molar-refractivity contribution is 0.127. The van der Waals surface area contributed by atoms with Crippen LogP contribution in [0.2, 0.25) is 0 Å². The van der Waals surface area contributed by atoms with E-state index < -0.39 is 11.6 Å². The van der Waals surface area contributed by atoms with Crippen molar-refractivity contribution < 1.29 is 13.5 Å². The summed E-state index contributed by atoms with van der Waals surface area (Å²) >= 11 is 0. The van der Waals surface area contributed by atoms with Gasteiger partial charge in [-0.1, -0.05) is 31.9 Å². The first kappa shape index (κ1) is 22.8. The zero-order chi connectivity index (χ0) is 21.8. The average Bonchev–Trinajstić information content (AvgIpc) is 2.81. The van der Waals surface area contributed by atoms with Crippen molar-refractivity contribution in [2.45, 2.75) is 89.9 Å². The quantitative estimate of drug-likeness (QED) is 0.411. The van der Waals surface area contributed by atoms with Crippen molar-refractivity contribution in [3.8, 4) is 5.75 Å². The molecule has 0 atom stereocenters. The summed E-state index contributed by atoms with van der Waals surface area (Å²) in [4.78, 5) is 0. The molecule has 3 saturated carbocycles. The molecule has 172 valence electrons. The van der Waals surface area contributed by atoms with Gasteiger partial charge in [-0.3, -0.25) is 0 Å². The third-order valence-corrected chi connectivity index (χ3v) is 8.71. The van der Waals surface area contributed by atoms with Crippen LogP contribution in [-0.4, -0.2) is 6.61 Å². The summed E-state index contributed by atoms with van der Waals surface area (Å²) < 4.78 is 35.3. The van der Waals surface area contributed by atoms with Crippen LogP contribution in [0.25, 0.3) is 0 Å². The Morgan fingerprint density at radius 3 is 2.06 bits per heavy atom. The Labute approximate surface area is 187 Å². The van der Waals surface area contributed by atoms with Crippen molar-refractivity contribution in [1.82, 2.24) is 0 Å². The Kier molecular flexibility index (Phi) is 7.72. The number of hydrogen-bond donors (Lipinski definition) is 0. The largest absolute Gasteiger partial charge is 0.490 e. The maximum Gasteiger partial charge on any atom is 0.200 e. The molecular weight excluding hydrogens is 390 g/mol. The fraction of sp³-hybridized carbons (Fsp3) is 0.714. The molecule has 0 N–H and O–H groups in total. The van der Waals surface area contributed by atoms with Gasteiger partial charge in [0, 0.05) is 0 Å². The zero-order valence-corrected chi connectivity index (χ0v) is 19.3. The normalized spacial score (nSPS) is 34.3. The van der Waals surface area contributed by atoms with Crippen molar-refractivity contribution >= 4 is 0 Å². The van der Waals surface area contributed by atoms with E-state index >= 15 is 0 Å². The Hall–Kier alpha value is -1.38. The minimum atomic E-state index is -0.788. The van der Waals surface area contributed by atoms with Crippen molar-refractivity contribution in [3.63, 3.8) is 0 Å².